The van der Waals surface area contributed by atoms with E-state index in [9.17, 15) is 14.1 Å². The number of nitrogens with zero attached hydrogens (tertiary/aromatic N) is 1. The van der Waals surface area contributed by atoms with Crippen molar-refractivity contribution < 1.29 is 9.22 Å². The molecule has 1 aromatic heterocycles. The second kappa shape index (κ2) is 4.58. The van der Waals surface area contributed by atoms with Crippen molar-refractivity contribution in [3.8, 4) is 0 Å². The van der Waals surface area contributed by atoms with Gasteiger partial charge in [-0.1, -0.05) is 0 Å². The Labute approximate surface area is 90.0 Å². The molecule has 88 valence electrons. The highest BCUT2D eigenvalue weighted by atomic mass is 19.2. The smallest absolute Gasteiger partial charge is 0.330 e. The minimum Gasteiger partial charge on any atom is -0.353 e. The van der Waals surface area contributed by atoms with E-state index < -0.39 is 17.5 Å². The Morgan fingerprint density at radius 2 is 2.38 bits per heavy atom. The molecule has 7 heteroatoms. The molecule has 0 saturated carbocycles. The molecule has 2 unspecified atom stereocenters. The molecule has 1 aliphatic rings. The van der Waals surface area contributed by atoms with Gasteiger partial charge in [-0.05, 0) is 12.8 Å². The van der Waals surface area contributed by atoms with Crippen LogP contribution in [0.4, 0.5) is 4.48 Å². The van der Waals surface area contributed by atoms with E-state index in [2.05, 4.69) is 4.98 Å². The van der Waals surface area contributed by atoms with Crippen LogP contribution in [0.2, 0.25) is 0 Å². The minimum atomic E-state index is -0.508. The molecule has 2 heterocycles. The zero-order valence-corrected chi connectivity index (χ0v) is 8.48. The van der Waals surface area contributed by atoms with Gasteiger partial charge in [0.25, 0.3) is 5.56 Å². The quantitative estimate of drug-likeness (QED) is 0.697. The molecular weight excluding hydrogens is 217 g/mol. The van der Waals surface area contributed by atoms with Gasteiger partial charge in [-0.3, -0.25) is 14.3 Å². The lowest BCUT2D eigenvalue weighted by atomic mass is 10.2. The van der Waals surface area contributed by atoms with Crippen LogP contribution in [0.1, 0.15) is 19.1 Å². The fourth-order valence-corrected chi connectivity index (χ4v) is 1.78. The van der Waals surface area contributed by atoms with E-state index in [1.807, 2.05) is 0 Å². The van der Waals surface area contributed by atoms with Gasteiger partial charge in [0, 0.05) is 12.3 Å². The van der Waals surface area contributed by atoms with Gasteiger partial charge < -0.3 is 4.74 Å². The molecule has 16 heavy (non-hydrogen) atoms. The Kier molecular flexibility index (Phi) is 3.16. The second-order valence-electron chi connectivity index (χ2n) is 3.65. The third-order valence-corrected chi connectivity index (χ3v) is 2.55. The molecule has 1 aliphatic heterocycles. The van der Waals surface area contributed by atoms with Crippen molar-refractivity contribution in [3.05, 3.63) is 33.1 Å². The molecule has 6 nitrogen and oxygen atoms in total. The fourth-order valence-electron chi connectivity index (χ4n) is 1.78. The zero-order chi connectivity index (χ0) is 11.5. The molecule has 1 saturated heterocycles. The van der Waals surface area contributed by atoms with E-state index in [1.54, 1.807) is 0 Å². The molecule has 2 N–H and O–H groups in total. The molecule has 2 rings (SSSR count). The van der Waals surface area contributed by atoms with Crippen molar-refractivity contribution in [2.24, 2.45) is 0 Å². The van der Waals surface area contributed by atoms with Crippen LogP contribution in [0.3, 0.4) is 0 Å². The van der Waals surface area contributed by atoms with Crippen LogP contribution in [0, 0.1) is 0 Å². The standard InChI is InChI=1S/C9H12FN3O3/c10-11-5-6-1-2-8(16-6)13-4-3-7(14)12-9(13)15/h3-4,6,8,11H,1-2,5H2,(H,12,14,15). The maximum atomic E-state index is 11.9. The number of hydrogen-bond donors (Lipinski definition) is 2. The molecule has 0 aromatic carbocycles. The summed E-state index contributed by atoms with van der Waals surface area (Å²) in [6.45, 7) is 0.106. The highest BCUT2D eigenvalue weighted by Gasteiger charge is 2.26. The van der Waals surface area contributed by atoms with Gasteiger partial charge in [0.2, 0.25) is 0 Å². The lowest BCUT2D eigenvalue weighted by Gasteiger charge is -2.14. The lowest BCUT2D eigenvalue weighted by molar-refractivity contribution is -0.00619. The molecule has 0 amide bonds. The molecular formula is C9H12FN3O3. The first-order valence-corrected chi connectivity index (χ1v) is 5.01. The average Bonchev–Trinajstić information content (AvgIpc) is 2.67. The topological polar surface area (TPSA) is 76.1 Å². The number of rotatable bonds is 3. The zero-order valence-electron chi connectivity index (χ0n) is 8.48. The number of nitrogens with one attached hydrogen (secondary N) is 2. The maximum absolute atomic E-state index is 11.9. The summed E-state index contributed by atoms with van der Waals surface area (Å²) in [5, 5.41) is 0. The van der Waals surface area contributed by atoms with Crippen molar-refractivity contribution in [1.29, 1.82) is 0 Å². The number of H-pyrrole nitrogens is 1. The van der Waals surface area contributed by atoms with Crippen LogP contribution < -0.4 is 16.8 Å². The summed E-state index contributed by atoms with van der Waals surface area (Å²) in [5.74, 6) is 0. The number of hydrogen-bond acceptors (Lipinski definition) is 4. The number of aromatic amines is 1. The first-order valence-electron chi connectivity index (χ1n) is 5.01. The fraction of sp³-hybridized carbons (Fsp3) is 0.556. The van der Waals surface area contributed by atoms with Gasteiger partial charge in [0.15, 0.2) is 0 Å². The highest BCUT2D eigenvalue weighted by Crippen LogP contribution is 2.26. The maximum Gasteiger partial charge on any atom is 0.330 e. The first kappa shape index (κ1) is 11.0. The van der Waals surface area contributed by atoms with E-state index in [0.717, 1.165) is 0 Å². The van der Waals surface area contributed by atoms with E-state index in [0.29, 0.717) is 12.8 Å². The number of aromatic nitrogens is 2. The predicted octanol–water partition coefficient (Wildman–Crippen LogP) is -0.312. The van der Waals surface area contributed by atoms with Crippen molar-refractivity contribution in [2.45, 2.75) is 25.2 Å². The number of halogens is 1. The van der Waals surface area contributed by atoms with Crippen molar-refractivity contribution in [3.63, 3.8) is 0 Å². The normalized spacial score (nSPS) is 24.8. The van der Waals surface area contributed by atoms with E-state index in [1.165, 1.54) is 22.4 Å². The Bertz CT molecular complexity index is 470. The predicted molar refractivity (Wildman–Crippen MR) is 53.6 cm³/mol. The van der Waals surface area contributed by atoms with Gasteiger partial charge in [-0.25, -0.2) is 4.79 Å². The summed E-state index contributed by atoms with van der Waals surface area (Å²) in [4.78, 5) is 24.4. The summed E-state index contributed by atoms with van der Waals surface area (Å²) >= 11 is 0. The van der Waals surface area contributed by atoms with E-state index in [-0.39, 0.29) is 12.6 Å². The van der Waals surface area contributed by atoms with Crippen LogP contribution in [0.25, 0.3) is 0 Å². The first-order chi connectivity index (χ1) is 7.70. The van der Waals surface area contributed by atoms with Gasteiger partial charge in [-0.15, -0.1) is 4.48 Å². The minimum absolute atomic E-state index is 0.106. The van der Waals surface area contributed by atoms with Gasteiger partial charge in [0.1, 0.15) is 6.23 Å². The van der Waals surface area contributed by atoms with Crippen LogP contribution in [0.5, 0.6) is 0 Å². The van der Waals surface area contributed by atoms with Crippen LogP contribution in [-0.4, -0.2) is 22.2 Å². The van der Waals surface area contributed by atoms with Gasteiger partial charge in [-0.2, -0.15) is 5.54 Å². The van der Waals surface area contributed by atoms with Crippen LogP contribution in [-0.2, 0) is 4.74 Å². The number of ether oxygens (including phenoxy) is 1. The Morgan fingerprint density at radius 3 is 3.06 bits per heavy atom. The Morgan fingerprint density at radius 1 is 1.56 bits per heavy atom. The van der Waals surface area contributed by atoms with E-state index >= 15 is 0 Å². The third-order valence-electron chi connectivity index (χ3n) is 2.55. The van der Waals surface area contributed by atoms with Crippen LogP contribution >= 0.6 is 0 Å². The Balaban J connectivity index is 2.14. The SMILES string of the molecule is O=c1ccn(C2CCC(CNF)O2)c(=O)[nH]1. The van der Waals surface area contributed by atoms with Crippen LogP contribution in [0.15, 0.2) is 21.9 Å². The molecule has 0 spiro atoms. The largest absolute Gasteiger partial charge is 0.353 e. The van der Waals surface area contributed by atoms with Crippen molar-refractivity contribution in [2.75, 3.05) is 6.54 Å². The van der Waals surface area contributed by atoms with Gasteiger partial charge >= 0.3 is 5.69 Å². The summed E-state index contributed by atoms with van der Waals surface area (Å²) in [6.07, 6.45) is 2.01. The summed E-state index contributed by atoms with van der Waals surface area (Å²) in [7, 11) is 0. The third kappa shape index (κ3) is 2.20. The summed E-state index contributed by atoms with van der Waals surface area (Å²) in [5.41, 5.74) is 0.584. The molecule has 0 radical (unpaired) electrons. The second-order valence-corrected chi connectivity index (χ2v) is 3.65. The summed E-state index contributed by atoms with van der Waals surface area (Å²) < 4.78 is 18.6. The van der Waals surface area contributed by atoms with Crippen molar-refractivity contribution in [1.82, 2.24) is 15.1 Å². The van der Waals surface area contributed by atoms with Gasteiger partial charge in [0.05, 0.1) is 12.6 Å². The lowest BCUT2D eigenvalue weighted by Crippen LogP contribution is -2.32. The van der Waals surface area contributed by atoms with E-state index in [4.69, 9.17) is 4.74 Å². The monoisotopic (exact) mass is 229 g/mol. The molecule has 0 aliphatic carbocycles. The average molecular weight is 229 g/mol. The Hall–Kier alpha value is -1.47. The molecule has 0 bridgehead atoms. The molecule has 1 aromatic rings. The summed E-state index contributed by atoms with van der Waals surface area (Å²) in [6, 6.07) is 1.26. The van der Waals surface area contributed by atoms with Crippen molar-refractivity contribution >= 4 is 0 Å². The highest BCUT2D eigenvalue weighted by molar-refractivity contribution is 4.86. The molecule has 1 fully saturated rings. The molecule has 2 atom stereocenters.